The zero-order chi connectivity index (χ0) is 16.4. The molecule has 1 aliphatic heterocycles. The van der Waals surface area contributed by atoms with Crippen molar-refractivity contribution in [3.63, 3.8) is 0 Å². The van der Waals surface area contributed by atoms with Crippen LogP contribution in [0.1, 0.15) is 50.7 Å². The van der Waals surface area contributed by atoms with Crippen molar-refractivity contribution in [2.45, 2.75) is 39.5 Å². The van der Waals surface area contributed by atoms with Gasteiger partial charge >= 0.3 is 0 Å². The van der Waals surface area contributed by atoms with Crippen LogP contribution in [-0.2, 0) is 0 Å². The predicted molar refractivity (Wildman–Crippen MR) is 98.2 cm³/mol. The predicted octanol–water partition coefficient (Wildman–Crippen LogP) is 5.00. The van der Waals surface area contributed by atoms with Crippen LogP contribution in [0.4, 0.5) is 11.4 Å². The number of anilines is 1. The molecule has 2 heteroatoms. The summed E-state index contributed by atoms with van der Waals surface area (Å²) in [6.45, 7) is 11.0. The second-order valence-electron chi connectivity index (χ2n) is 6.83. The molecule has 2 aromatic rings. The minimum absolute atomic E-state index is 0.519. The lowest BCUT2D eigenvalue weighted by molar-refractivity contribution is -0.424. The van der Waals surface area contributed by atoms with Crippen LogP contribution in [0, 0.1) is 0 Å². The molecule has 0 unspecified atom stereocenters. The third-order valence-electron chi connectivity index (χ3n) is 4.49. The van der Waals surface area contributed by atoms with Crippen molar-refractivity contribution in [1.82, 2.24) is 0 Å². The maximum Gasteiger partial charge on any atom is 0.206 e. The van der Waals surface area contributed by atoms with Crippen LogP contribution in [0.15, 0.2) is 48.5 Å². The first-order valence-electron chi connectivity index (χ1n) is 8.57. The van der Waals surface area contributed by atoms with Crippen molar-refractivity contribution in [3.8, 4) is 0 Å². The van der Waals surface area contributed by atoms with E-state index in [9.17, 15) is 0 Å². The molecule has 0 saturated heterocycles. The summed E-state index contributed by atoms with van der Waals surface area (Å²) in [5.74, 6) is 1.04. The Labute approximate surface area is 140 Å². The fourth-order valence-electron chi connectivity index (χ4n) is 3.24. The van der Waals surface area contributed by atoms with Gasteiger partial charge in [0, 0.05) is 11.4 Å². The highest BCUT2D eigenvalue weighted by molar-refractivity contribution is 5.80. The van der Waals surface area contributed by atoms with E-state index in [1.165, 1.54) is 22.5 Å². The SMILES string of the molecule is CC(C)c1ccccc1N1[C-]=[N+](c2ccccc2C(C)C)CC1. The molecule has 3 rings (SSSR count). The van der Waals surface area contributed by atoms with Crippen molar-refractivity contribution < 1.29 is 4.58 Å². The summed E-state index contributed by atoms with van der Waals surface area (Å²) in [7, 11) is 0. The summed E-state index contributed by atoms with van der Waals surface area (Å²) in [6, 6.07) is 17.4. The fourth-order valence-corrected chi connectivity index (χ4v) is 3.24. The second-order valence-corrected chi connectivity index (χ2v) is 6.83. The topological polar surface area (TPSA) is 6.25 Å². The largest absolute Gasteiger partial charge is 0.333 e. The summed E-state index contributed by atoms with van der Waals surface area (Å²) < 4.78 is 2.27. The van der Waals surface area contributed by atoms with Gasteiger partial charge < -0.3 is 9.48 Å². The van der Waals surface area contributed by atoms with E-state index >= 15 is 0 Å². The first-order valence-corrected chi connectivity index (χ1v) is 8.57. The lowest BCUT2D eigenvalue weighted by Crippen LogP contribution is -2.20. The van der Waals surface area contributed by atoms with Gasteiger partial charge in [-0.05, 0) is 11.8 Å². The maximum absolute atomic E-state index is 3.58. The van der Waals surface area contributed by atoms with Crippen LogP contribution >= 0.6 is 0 Å². The molecular formula is C21H26N2. The monoisotopic (exact) mass is 306 g/mol. The standard InChI is InChI=1S/C21H26N2/c1-16(2)18-9-5-7-11-20(18)22-13-14-23(15-22)21-12-8-6-10-19(21)17(3)4/h5-12,16-17H,13-14H2,1-4H3. The van der Waals surface area contributed by atoms with E-state index in [-0.39, 0.29) is 0 Å². The van der Waals surface area contributed by atoms with Gasteiger partial charge in [-0.3, -0.25) is 0 Å². The molecule has 0 aromatic heterocycles. The average Bonchev–Trinajstić information content (AvgIpc) is 3.04. The van der Waals surface area contributed by atoms with Gasteiger partial charge in [0.25, 0.3) is 0 Å². The molecule has 2 aromatic carbocycles. The third kappa shape index (κ3) is 3.17. The zero-order valence-corrected chi connectivity index (χ0v) is 14.6. The smallest absolute Gasteiger partial charge is 0.206 e. The van der Waals surface area contributed by atoms with Gasteiger partial charge in [-0.15, -0.1) is 0 Å². The van der Waals surface area contributed by atoms with Crippen molar-refractivity contribution in [1.29, 1.82) is 0 Å². The van der Waals surface area contributed by atoms with E-state index in [1.807, 2.05) is 0 Å². The normalized spacial score (nSPS) is 14.7. The molecule has 0 N–H and O–H groups in total. The van der Waals surface area contributed by atoms with Gasteiger partial charge in [0.2, 0.25) is 6.34 Å². The van der Waals surface area contributed by atoms with E-state index in [0.29, 0.717) is 11.8 Å². The summed E-state index contributed by atoms with van der Waals surface area (Å²) >= 11 is 0. The van der Waals surface area contributed by atoms with Crippen LogP contribution < -0.4 is 4.90 Å². The fraction of sp³-hybridized carbons (Fsp3) is 0.381. The molecule has 0 fully saturated rings. The molecule has 0 aliphatic carbocycles. The molecule has 0 bridgehead atoms. The lowest BCUT2D eigenvalue weighted by atomic mass is 10.0. The lowest BCUT2D eigenvalue weighted by Gasteiger charge is -2.20. The number of hydrogen-bond acceptors (Lipinski definition) is 1. The Balaban J connectivity index is 1.97. The summed E-state index contributed by atoms with van der Waals surface area (Å²) in [4.78, 5) is 2.27. The highest BCUT2D eigenvalue weighted by atomic mass is 15.3. The molecule has 0 radical (unpaired) electrons. The van der Waals surface area contributed by atoms with Crippen molar-refractivity contribution in [2.24, 2.45) is 0 Å². The van der Waals surface area contributed by atoms with Crippen LogP contribution in [0.3, 0.4) is 0 Å². The first-order chi connectivity index (χ1) is 11.1. The highest BCUT2D eigenvalue weighted by Gasteiger charge is 2.20. The summed E-state index contributed by atoms with van der Waals surface area (Å²) in [5.41, 5.74) is 5.34. The number of nitrogens with zero attached hydrogens (tertiary/aromatic N) is 2. The second kappa shape index (κ2) is 6.57. The number of rotatable bonds is 4. The Morgan fingerprint density at radius 3 is 2.17 bits per heavy atom. The molecule has 0 amide bonds. The highest BCUT2D eigenvalue weighted by Crippen LogP contribution is 2.30. The minimum atomic E-state index is 0.519. The Bertz CT molecular complexity index is 713. The number of para-hydroxylation sites is 2. The molecule has 0 spiro atoms. The molecular weight excluding hydrogens is 280 g/mol. The summed E-state index contributed by atoms with van der Waals surface area (Å²) in [6.07, 6.45) is 3.58. The van der Waals surface area contributed by atoms with Crippen molar-refractivity contribution >= 4 is 17.7 Å². The average molecular weight is 306 g/mol. The van der Waals surface area contributed by atoms with E-state index in [0.717, 1.165) is 13.1 Å². The Morgan fingerprint density at radius 1 is 0.870 bits per heavy atom. The van der Waals surface area contributed by atoms with Gasteiger partial charge in [-0.2, -0.15) is 0 Å². The summed E-state index contributed by atoms with van der Waals surface area (Å²) in [5, 5.41) is 0. The minimum Gasteiger partial charge on any atom is -0.333 e. The van der Waals surface area contributed by atoms with Crippen LogP contribution in [0.5, 0.6) is 0 Å². The van der Waals surface area contributed by atoms with Crippen molar-refractivity contribution in [3.05, 3.63) is 59.7 Å². The van der Waals surface area contributed by atoms with Gasteiger partial charge in [-0.25, -0.2) is 0 Å². The van der Waals surface area contributed by atoms with E-state index in [2.05, 4.69) is 92.0 Å². The van der Waals surface area contributed by atoms with Gasteiger partial charge in [0.1, 0.15) is 13.1 Å². The molecule has 1 heterocycles. The number of hydrogen-bond donors (Lipinski definition) is 0. The van der Waals surface area contributed by atoms with Crippen LogP contribution in [0.2, 0.25) is 0 Å². The molecule has 23 heavy (non-hydrogen) atoms. The molecule has 1 aliphatic rings. The van der Waals surface area contributed by atoms with E-state index in [1.54, 1.807) is 0 Å². The Hall–Kier alpha value is -2.09. The molecule has 120 valence electrons. The quantitative estimate of drug-likeness (QED) is 0.569. The van der Waals surface area contributed by atoms with Crippen molar-refractivity contribution in [2.75, 3.05) is 18.0 Å². The van der Waals surface area contributed by atoms with Gasteiger partial charge in [0.15, 0.2) is 0 Å². The Morgan fingerprint density at radius 2 is 1.48 bits per heavy atom. The van der Waals surface area contributed by atoms with Crippen LogP contribution in [0.25, 0.3) is 0 Å². The zero-order valence-electron chi connectivity index (χ0n) is 14.6. The first kappa shape index (κ1) is 15.8. The molecule has 0 atom stereocenters. The van der Waals surface area contributed by atoms with E-state index in [4.69, 9.17) is 0 Å². The van der Waals surface area contributed by atoms with Gasteiger partial charge in [-0.1, -0.05) is 87.4 Å². The maximum atomic E-state index is 3.58. The molecule has 0 saturated carbocycles. The molecule has 2 nitrogen and oxygen atoms in total. The van der Waals surface area contributed by atoms with E-state index < -0.39 is 0 Å². The van der Waals surface area contributed by atoms with Gasteiger partial charge in [0.05, 0.1) is 0 Å². The number of benzene rings is 2. The van der Waals surface area contributed by atoms with Crippen LogP contribution in [-0.4, -0.2) is 24.0 Å². The third-order valence-corrected chi connectivity index (χ3v) is 4.49. The Kier molecular flexibility index (Phi) is 4.51.